The van der Waals surface area contributed by atoms with Gasteiger partial charge in [0.25, 0.3) is 5.91 Å². The van der Waals surface area contributed by atoms with E-state index in [-0.39, 0.29) is 5.56 Å². The molecule has 0 saturated carbocycles. The van der Waals surface area contributed by atoms with Crippen molar-refractivity contribution in [3.63, 3.8) is 0 Å². The molecule has 0 fully saturated rings. The standard InChI is InChI=1S/C20H13BCl2N2O2/c22-16-5-3-4-13(11-16)14-8-9-18-15(10-14)12-24-25(21(18)27)20(26)17-6-1-2-7-19(17)23/h1-12,27H. The molecule has 1 aliphatic rings. The van der Waals surface area contributed by atoms with E-state index in [1.54, 1.807) is 36.5 Å². The van der Waals surface area contributed by atoms with Gasteiger partial charge in [-0.05, 0) is 52.5 Å². The predicted octanol–water partition coefficient (Wildman–Crippen LogP) is 3.84. The van der Waals surface area contributed by atoms with Crippen LogP contribution in [0.2, 0.25) is 10.0 Å². The molecule has 0 aromatic heterocycles. The summed E-state index contributed by atoms with van der Waals surface area (Å²) in [6, 6.07) is 19.8. The highest BCUT2D eigenvalue weighted by Gasteiger charge is 2.34. The van der Waals surface area contributed by atoms with E-state index < -0.39 is 13.0 Å². The highest BCUT2D eigenvalue weighted by molar-refractivity contribution is 6.68. The lowest BCUT2D eigenvalue weighted by Gasteiger charge is -2.25. The molecule has 0 saturated heterocycles. The zero-order valence-electron chi connectivity index (χ0n) is 14.0. The number of fused-ring (bicyclic) bond motifs is 1. The number of hydrazone groups is 1. The van der Waals surface area contributed by atoms with Gasteiger partial charge in [0.1, 0.15) is 0 Å². The van der Waals surface area contributed by atoms with Crippen LogP contribution < -0.4 is 5.46 Å². The fourth-order valence-corrected chi connectivity index (χ4v) is 3.42. The predicted molar refractivity (Wildman–Crippen MR) is 110 cm³/mol. The van der Waals surface area contributed by atoms with Crippen molar-refractivity contribution in [2.45, 2.75) is 0 Å². The first-order valence-electron chi connectivity index (χ1n) is 8.24. The molecule has 27 heavy (non-hydrogen) atoms. The summed E-state index contributed by atoms with van der Waals surface area (Å²) in [5.41, 5.74) is 3.53. The van der Waals surface area contributed by atoms with Gasteiger partial charge in [0.2, 0.25) is 0 Å². The van der Waals surface area contributed by atoms with Crippen LogP contribution in [0.25, 0.3) is 11.1 Å². The van der Waals surface area contributed by atoms with E-state index in [4.69, 9.17) is 23.2 Å². The first-order chi connectivity index (χ1) is 13.0. The molecule has 0 spiro atoms. The van der Waals surface area contributed by atoms with Crippen LogP contribution in [0.4, 0.5) is 0 Å². The molecule has 0 aliphatic carbocycles. The molecule has 7 heteroatoms. The number of carbonyl (C=O) groups excluding carboxylic acids is 1. The van der Waals surface area contributed by atoms with E-state index in [0.717, 1.165) is 21.6 Å². The van der Waals surface area contributed by atoms with Crippen molar-refractivity contribution in [3.05, 3.63) is 87.9 Å². The topological polar surface area (TPSA) is 52.9 Å². The van der Waals surface area contributed by atoms with Crippen LogP contribution in [0.1, 0.15) is 15.9 Å². The summed E-state index contributed by atoms with van der Waals surface area (Å²) in [7, 11) is -1.19. The van der Waals surface area contributed by atoms with Crippen LogP contribution in [0.15, 0.2) is 71.8 Å². The van der Waals surface area contributed by atoms with Gasteiger partial charge in [-0.25, -0.2) is 4.92 Å². The summed E-state index contributed by atoms with van der Waals surface area (Å²) in [6.45, 7) is 0. The number of amides is 1. The van der Waals surface area contributed by atoms with Crippen molar-refractivity contribution in [3.8, 4) is 11.1 Å². The largest absolute Gasteiger partial charge is 0.474 e. The van der Waals surface area contributed by atoms with E-state index >= 15 is 0 Å². The van der Waals surface area contributed by atoms with Crippen LogP contribution in [-0.2, 0) is 0 Å². The molecule has 132 valence electrons. The molecule has 1 amide bonds. The molecule has 0 atom stereocenters. The van der Waals surface area contributed by atoms with Crippen LogP contribution in [0.3, 0.4) is 0 Å². The van der Waals surface area contributed by atoms with Gasteiger partial charge in [-0.2, -0.15) is 5.10 Å². The maximum Gasteiger partial charge on any atom is 0.474 e. The minimum absolute atomic E-state index is 0.286. The fourth-order valence-electron chi connectivity index (χ4n) is 3.01. The van der Waals surface area contributed by atoms with Crippen LogP contribution in [0, 0.1) is 0 Å². The van der Waals surface area contributed by atoms with Crippen LogP contribution >= 0.6 is 23.2 Å². The van der Waals surface area contributed by atoms with Gasteiger partial charge >= 0.3 is 7.05 Å². The van der Waals surface area contributed by atoms with E-state index in [2.05, 4.69) is 5.10 Å². The highest BCUT2D eigenvalue weighted by atomic mass is 35.5. The van der Waals surface area contributed by atoms with Gasteiger partial charge in [-0.15, -0.1) is 0 Å². The van der Waals surface area contributed by atoms with Gasteiger partial charge in [0, 0.05) is 5.02 Å². The zero-order chi connectivity index (χ0) is 19.0. The Balaban J connectivity index is 1.67. The van der Waals surface area contributed by atoms with E-state index in [1.807, 2.05) is 36.4 Å². The van der Waals surface area contributed by atoms with Crippen molar-refractivity contribution in [1.29, 1.82) is 0 Å². The number of benzene rings is 3. The summed E-state index contributed by atoms with van der Waals surface area (Å²) in [5.74, 6) is -0.464. The smallest absolute Gasteiger partial charge is 0.427 e. The average Bonchev–Trinajstić information content (AvgIpc) is 2.68. The average molecular weight is 395 g/mol. The highest BCUT2D eigenvalue weighted by Crippen LogP contribution is 2.24. The summed E-state index contributed by atoms with van der Waals surface area (Å²) < 4.78 is 0. The second-order valence-electron chi connectivity index (χ2n) is 6.10. The number of nitrogens with zero attached hydrogens (tertiary/aromatic N) is 2. The Labute approximate surface area is 166 Å². The van der Waals surface area contributed by atoms with Crippen LogP contribution in [-0.4, -0.2) is 29.1 Å². The van der Waals surface area contributed by atoms with Gasteiger partial charge in [-0.3, -0.25) is 4.79 Å². The lowest BCUT2D eigenvalue weighted by Crippen LogP contribution is -2.52. The third-order valence-corrected chi connectivity index (χ3v) is 4.95. The Morgan fingerprint density at radius 2 is 1.74 bits per heavy atom. The molecule has 3 aromatic carbocycles. The fraction of sp³-hybridized carbons (Fsp3) is 0. The van der Waals surface area contributed by atoms with Gasteiger partial charge in [0.05, 0.1) is 16.8 Å². The monoisotopic (exact) mass is 394 g/mol. The number of carbonyl (C=O) groups is 1. The Bertz CT molecular complexity index is 1070. The zero-order valence-corrected chi connectivity index (χ0v) is 15.5. The maximum absolute atomic E-state index is 12.7. The normalized spacial score (nSPS) is 12.9. The first-order valence-corrected chi connectivity index (χ1v) is 9.00. The van der Waals surface area contributed by atoms with Gasteiger partial charge in [0.15, 0.2) is 0 Å². The Morgan fingerprint density at radius 3 is 2.52 bits per heavy atom. The van der Waals surface area contributed by atoms with Crippen molar-refractivity contribution in [1.82, 2.24) is 4.92 Å². The minimum atomic E-state index is -1.19. The lowest BCUT2D eigenvalue weighted by molar-refractivity contribution is 0.0846. The third kappa shape index (κ3) is 3.37. The lowest BCUT2D eigenvalue weighted by atomic mass is 9.69. The molecule has 3 aromatic rings. The second-order valence-corrected chi connectivity index (χ2v) is 6.95. The second kappa shape index (κ2) is 7.20. The van der Waals surface area contributed by atoms with E-state index in [0.29, 0.717) is 15.5 Å². The molecular weight excluding hydrogens is 382 g/mol. The first kappa shape index (κ1) is 17.8. The molecule has 0 radical (unpaired) electrons. The molecule has 0 bridgehead atoms. The molecule has 1 aliphatic heterocycles. The van der Waals surface area contributed by atoms with Crippen molar-refractivity contribution < 1.29 is 9.82 Å². The molecule has 4 nitrogen and oxygen atoms in total. The van der Waals surface area contributed by atoms with Crippen molar-refractivity contribution >= 4 is 47.8 Å². The molecule has 4 rings (SSSR count). The quantitative estimate of drug-likeness (QED) is 0.671. The number of hydrogen-bond acceptors (Lipinski definition) is 3. The van der Waals surface area contributed by atoms with Crippen molar-refractivity contribution in [2.24, 2.45) is 5.10 Å². The SMILES string of the molecule is O=C(c1ccccc1Cl)N1N=Cc2cc(-c3cccc(Cl)c3)ccc2B1O. The van der Waals surface area contributed by atoms with E-state index in [1.165, 1.54) is 0 Å². The van der Waals surface area contributed by atoms with Gasteiger partial charge < -0.3 is 5.02 Å². The summed E-state index contributed by atoms with van der Waals surface area (Å²) in [4.78, 5) is 13.8. The summed E-state index contributed by atoms with van der Waals surface area (Å²) in [5, 5.41) is 15.8. The summed E-state index contributed by atoms with van der Waals surface area (Å²) >= 11 is 12.2. The molecular formula is C20H13BCl2N2O2. The number of rotatable bonds is 2. The molecule has 1 N–H and O–H groups in total. The van der Waals surface area contributed by atoms with E-state index in [9.17, 15) is 9.82 Å². The molecule has 0 unspecified atom stereocenters. The Morgan fingerprint density at radius 1 is 0.963 bits per heavy atom. The molecule has 1 heterocycles. The minimum Gasteiger partial charge on any atom is -0.427 e. The Kier molecular flexibility index (Phi) is 4.74. The maximum atomic E-state index is 12.7. The van der Waals surface area contributed by atoms with Gasteiger partial charge in [-0.1, -0.05) is 59.6 Å². The summed E-state index contributed by atoms with van der Waals surface area (Å²) in [6.07, 6.45) is 1.56. The van der Waals surface area contributed by atoms with Crippen LogP contribution in [0.5, 0.6) is 0 Å². The third-order valence-electron chi connectivity index (χ3n) is 4.39. The number of halogens is 2. The number of hydrogen-bond donors (Lipinski definition) is 1. The Hall–Kier alpha value is -2.60. The van der Waals surface area contributed by atoms with Crippen molar-refractivity contribution in [2.75, 3.05) is 0 Å².